The third-order valence-electron chi connectivity index (χ3n) is 4.15. The minimum Gasteiger partial charge on any atom is -0.366 e. The Balaban J connectivity index is 1.87. The first-order chi connectivity index (χ1) is 7.90. The average molecular weight is 216 g/mol. The van der Waals surface area contributed by atoms with E-state index in [0.29, 0.717) is 6.04 Å². The normalized spacial score (nSPS) is 28.4. The molecule has 0 aromatic heterocycles. The Morgan fingerprint density at radius 1 is 1.31 bits per heavy atom. The molecule has 16 heavy (non-hydrogen) atoms. The highest BCUT2D eigenvalue weighted by molar-refractivity contribution is 5.58. The monoisotopic (exact) mass is 216 g/mol. The zero-order chi connectivity index (χ0) is 11.0. The molecule has 2 aliphatic heterocycles. The molecule has 0 amide bonds. The average Bonchev–Trinajstić information content (AvgIpc) is 2.94. The molecule has 2 heteroatoms. The smallest absolute Gasteiger partial charge is 0.0454 e. The van der Waals surface area contributed by atoms with Crippen molar-refractivity contribution in [3.8, 4) is 0 Å². The van der Waals surface area contributed by atoms with Crippen molar-refractivity contribution in [2.75, 3.05) is 24.5 Å². The molecule has 2 nitrogen and oxygen atoms in total. The first-order valence-corrected chi connectivity index (χ1v) is 6.45. The van der Waals surface area contributed by atoms with Crippen LogP contribution in [0, 0.1) is 5.92 Å². The summed E-state index contributed by atoms with van der Waals surface area (Å²) in [5, 5.41) is 3.54. The molecule has 0 bridgehead atoms. The van der Waals surface area contributed by atoms with E-state index in [9.17, 15) is 0 Å². The van der Waals surface area contributed by atoms with E-state index in [-0.39, 0.29) is 0 Å². The summed E-state index contributed by atoms with van der Waals surface area (Å²) in [6.45, 7) is 5.88. The molecule has 1 N–H and O–H groups in total. The summed E-state index contributed by atoms with van der Waals surface area (Å²) in [6.07, 6.45) is 2.51. The second kappa shape index (κ2) is 4.10. The van der Waals surface area contributed by atoms with Crippen molar-refractivity contribution >= 4 is 5.69 Å². The van der Waals surface area contributed by atoms with Crippen LogP contribution >= 0.6 is 0 Å². The van der Waals surface area contributed by atoms with Gasteiger partial charge in [-0.3, -0.25) is 0 Å². The largest absolute Gasteiger partial charge is 0.366 e. The number of fused-ring (bicyclic) bond motifs is 1. The lowest BCUT2D eigenvalue weighted by molar-refractivity contribution is 0.472. The number of benzene rings is 1. The maximum absolute atomic E-state index is 3.54. The van der Waals surface area contributed by atoms with E-state index < -0.39 is 0 Å². The summed E-state index contributed by atoms with van der Waals surface area (Å²) in [6, 6.07) is 9.60. The van der Waals surface area contributed by atoms with Crippen LogP contribution in [0.5, 0.6) is 0 Å². The Morgan fingerprint density at radius 2 is 2.19 bits per heavy atom. The van der Waals surface area contributed by atoms with Gasteiger partial charge in [0.25, 0.3) is 0 Å². The fourth-order valence-corrected chi connectivity index (χ4v) is 3.21. The maximum atomic E-state index is 3.54. The SMILES string of the molecule is CCC1CNCC1N1CCc2ccccc21. The van der Waals surface area contributed by atoms with E-state index in [4.69, 9.17) is 0 Å². The molecule has 1 aromatic carbocycles. The minimum absolute atomic E-state index is 0.716. The van der Waals surface area contributed by atoms with Crippen LogP contribution in [0.1, 0.15) is 18.9 Å². The quantitative estimate of drug-likeness (QED) is 0.814. The standard InChI is InChI=1S/C14H20N2/c1-2-11-9-15-10-14(11)16-8-7-12-5-3-4-6-13(12)16/h3-6,11,14-15H,2,7-10H2,1H3. The van der Waals surface area contributed by atoms with Crippen LogP contribution < -0.4 is 10.2 Å². The number of hydrogen-bond acceptors (Lipinski definition) is 2. The molecule has 3 rings (SSSR count). The zero-order valence-corrected chi connectivity index (χ0v) is 9.95. The van der Waals surface area contributed by atoms with Crippen LogP contribution in [-0.2, 0) is 6.42 Å². The van der Waals surface area contributed by atoms with Gasteiger partial charge in [0.1, 0.15) is 0 Å². The van der Waals surface area contributed by atoms with E-state index in [1.54, 1.807) is 0 Å². The fraction of sp³-hybridized carbons (Fsp3) is 0.571. The Kier molecular flexibility index (Phi) is 2.60. The second-order valence-electron chi connectivity index (χ2n) is 4.97. The van der Waals surface area contributed by atoms with E-state index >= 15 is 0 Å². The number of hydrogen-bond donors (Lipinski definition) is 1. The number of nitrogens with one attached hydrogen (secondary N) is 1. The highest BCUT2D eigenvalue weighted by Gasteiger charge is 2.33. The molecule has 0 radical (unpaired) electrons. The molecule has 1 saturated heterocycles. The van der Waals surface area contributed by atoms with Gasteiger partial charge < -0.3 is 10.2 Å². The van der Waals surface area contributed by atoms with Crippen molar-refractivity contribution in [3.05, 3.63) is 29.8 Å². The van der Waals surface area contributed by atoms with Crippen LogP contribution in [0.3, 0.4) is 0 Å². The Labute approximate surface area is 97.6 Å². The molecule has 0 spiro atoms. The van der Waals surface area contributed by atoms with Gasteiger partial charge in [0, 0.05) is 31.4 Å². The van der Waals surface area contributed by atoms with Crippen molar-refractivity contribution in [2.24, 2.45) is 5.92 Å². The van der Waals surface area contributed by atoms with Gasteiger partial charge in [-0.05, 0) is 24.0 Å². The van der Waals surface area contributed by atoms with Crippen LogP contribution in [0.25, 0.3) is 0 Å². The number of nitrogens with zero attached hydrogens (tertiary/aromatic N) is 1. The molecule has 86 valence electrons. The van der Waals surface area contributed by atoms with Gasteiger partial charge in [-0.15, -0.1) is 0 Å². The predicted octanol–water partition coefficient (Wildman–Crippen LogP) is 2.05. The molecule has 2 aliphatic rings. The topological polar surface area (TPSA) is 15.3 Å². The van der Waals surface area contributed by atoms with Gasteiger partial charge in [0.05, 0.1) is 0 Å². The highest BCUT2D eigenvalue weighted by Crippen LogP contribution is 2.32. The van der Waals surface area contributed by atoms with Gasteiger partial charge in [-0.1, -0.05) is 31.5 Å². The Hall–Kier alpha value is -1.02. The minimum atomic E-state index is 0.716. The molecular weight excluding hydrogens is 196 g/mol. The van der Waals surface area contributed by atoms with Crippen molar-refractivity contribution in [1.82, 2.24) is 5.32 Å². The predicted molar refractivity (Wildman–Crippen MR) is 67.9 cm³/mol. The van der Waals surface area contributed by atoms with Crippen molar-refractivity contribution in [2.45, 2.75) is 25.8 Å². The third-order valence-corrected chi connectivity index (χ3v) is 4.15. The molecule has 2 atom stereocenters. The van der Waals surface area contributed by atoms with E-state index in [1.165, 1.54) is 37.2 Å². The van der Waals surface area contributed by atoms with E-state index in [1.807, 2.05) is 0 Å². The van der Waals surface area contributed by atoms with Gasteiger partial charge in [-0.25, -0.2) is 0 Å². The van der Waals surface area contributed by atoms with Crippen LogP contribution in [-0.4, -0.2) is 25.7 Å². The van der Waals surface area contributed by atoms with Crippen molar-refractivity contribution < 1.29 is 0 Å². The van der Waals surface area contributed by atoms with Gasteiger partial charge in [-0.2, -0.15) is 0 Å². The van der Waals surface area contributed by atoms with Crippen molar-refractivity contribution in [3.63, 3.8) is 0 Å². The van der Waals surface area contributed by atoms with Crippen LogP contribution in [0.4, 0.5) is 5.69 Å². The van der Waals surface area contributed by atoms with Crippen LogP contribution in [0.2, 0.25) is 0 Å². The summed E-state index contributed by atoms with van der Waals surface area (Å²) in [5.74, 6) is 0.825. The Morgan fingerprint density at radius 3 is 3.06 bits per heavy atom. The maximum Gasteiger partial charge on any atom is 0.0454 e. The Bertz CT molecular complexity index is 375. The van der Waals surface area contributed by atoms with Gasteiger partial charge in [0.2, 0.25) is 0 Å². The number of anilines is 1. The first kappa shape index (κ1) is 10.2. The number of para-hydroxylation sites is 1. The van der Waals surface area contributed by atoms with Gasteiger partial charge >= 0.3 is 0 Å². The molecule has 0 saturated carbocycles. The van der Waals surface area contributed by atoms with E-state index in [0.717, 1.165) is 12.5 Å². The zero-order valence-electron chi connectivity index (χ0n) is 9.95. The summed E-state index contributed by atoms with van der Waals surface area (Å²) in [5.41, 5.74) is 3.01. The molecule has 2 unspecified atom stereocenters. The first-order valence-electron chi connectivity index (χ1n) is 6.45. The van der Waals surface area contributed by atoms with Crippen LogP contribution in [0.15, 0.2) is 24.3 Å². The summed E-state index contributed by atoms with van der Waals surface area (Å²) in [4.78, 5) is 2.63. The summed E-state index contributed by atoms with van der Waals surface area (Å²) in [7, 11) is 0. The molecule has 1 aromatic rings. The molecule has 0 aliphatic carbocycles. The van der Waals surface area contributed by atoms with E-state index in [2.05, 4.69) is 41.4 Å². The highest BCUT2D eigenvalue weighted by atomic mass is 15.2. The lowest BCUT2D eigenvalue weighted by Gasteiger charge is -2.30. The summed E-state index contributed by atoms with van der Waals surface area (Å²) < 4.78 is 0. The number of rotatable bonds is 2. The van der Waals surface area contributed by atoms with Crippen molar-refractivity contribution in [1.29, 1.82) is 0 Å². The fourth-order valence-electron chi connectivity index (χ4n) is 3.21. The summed E-state index contributed by atoms with van der Waals surface area (Å²) >= 11 is 0. The molecular formula is C14H20N2. The lowest BCUT2D eigenvalue weighted by Crippen LogP contribution is -2.39. The lowest BCUT2D eigenvalue weighted by atomic mass is 9.99. The second-order valence-corrected chi connectivity index (χ2v) is 4.97. The molecule has 2 heterocycles. The molecule has 1 fully saturated rings. The van der Waals surface area contributed by atoms with Gasteiger partial charge in [0.15, 0.2) is 0 Å². The third kappa shape index (κ3) is 1.52.